The summed E-state index contributed by atoms with van der Waals surface area (Å²) in [5.41, 5.74) is 5.87. The highest BCUT2D eigenvalue weighted by molar-refractivity contribution is 5.76. The van der Waals surface area contributed by atoms with E-state index in [1.807, 2.05) is 11.9 Å². The lowest BCUT2D eigenvalue weighted by atomic mass is 9.84. The molecule has 0 aromatic carbocycles. The lowest BCUT2D eigenvalue weighted by Gasteiger charge is -2.27. The van der Waals surface area contributed by atoms with Gasteiger partial charge in [-0.05, 0) is 38.0 Å². The zero-order valence-electron chi connectivity index (χ0n) is 11.5. The first kappa shape index (κ1) is 14.5. The maximum Gasteiger partial charge on any atom is 0.222 e. The van der Waals surface area contributed by atoms with Crippen LogP contribution in [0.2, 0.25) is 0 Å². The average Bonchev–Trinajstić information content (AvgIpc) is 2.32. The van der Waals surface area contributed by atoms with E-state index in [0.29, 0.717) is 17.9 Å². The minimum absolute atomic E-state index is 0.321. The molecular weight excluding hydrogens is 212 g/mol. The topological polar surface area (TPSA) is 46.3 Å². The van der Waals surface area contributed by atoms with Gasteiger partial charge in [-0.3, -0.25) is 4.79 Å². The minimum Gasteiger partial charge on any atom is -0.346 e. The average molecular weight is 240 g/mol. The van der Waals surface area contributed by atoms with E-state index in [1.165, 1.54) is 12.8 Å². The van der Waals surface area contributed by atoms with Crippen LogP contribution in [-0.4, -0.2) is 30.4 Å². The van der Waals surface area contributed by atoms with Crippen LogP contribution >= 0.6 is 0 Å². The van der Waals surface area contributed by atoms with Gasteiger partial charge in [0.2, 0.25) is 5.91 Å². The Hall–Kier alpha value is -0.570. The number of rotatable bonds is 6. The summed E-state index contributed by atoms with van der Waals surface area (Å²) in [6.07, 6.45) is 8.75. The smallest absolute Gasteiger partial charge is 0.222 e. The summed E-state index contributed by atoms with van der Waals surface area (Å²) in [6.45, 7) is 3.10. The Labute approximate surface area is 106 Å². The largest absolute Gasteiger partial charge is 0.346 e. The third kappa shape index (κ3) is 5.53. The maximum absolute atomic E-state index is 12.0. The number of unbranched alkanes of at least 4 members (excludes halogenated alkanes) is 2. The summed E-state index contributed by atoms with van der Waals surface area (Å²) in [5, 5.41) is 0. The highest BCUT2D eigenvalue weighted by Crippen LogP contribution is 2.26. The monoisotopic (exact) mass is 240 g/mol. The normalized spacial score (nSPS) is 24.6. The third-order valence-electron chi connectivity index (χ3n) is 3.88. The van der Waals surface area contributed by atoms with Gasteiger partial charge in [-0.2, -0.15) is 0 Å². The number of carbonyl (C=O) groups is 1. The van der Waals surface area contributed by atoms with E-state index in [1.54, 1.807) is 0 Å². The Kier molecular flexibility index (Phi) is 6.56. The zero-order valence-corrected chi connectivity index (χ0v) is 11.5. The molecule has 0 unspecified atom stereocenters. The molecule has 1 aliphatic carbocycles. The minimum atomic E-state index is 0.321. The summed E-state index contributed by atoms with van der Waals surface area (Å²) in [7, 11) is 1.94. The predicted molar refractivity (Wildman–Crippen MR) is 71.7 cm³/mol. The van der Waals surface area contributed by atoms with Gasteiger partial charge < -0.3 is 10.6 Å². The summed E-state index contributed by atoms with van der Waals surface area (Å²) >= 11 is 0. The van der Waals surface area contributed by atoms with Crippen LogP contribution in [-0.2, 0) is 4.79 Å². The molecule has 1 saturated carbocycles. The van der Waals surface area contributed by atoms with E-state index in [0.717, 1.165) is 45.1 Å². The number of amides is 1. The van der Waals surface area contributed by atoms with Crippen molar-refractivity contribution in [3.8, 4) is 0 Å². The van der Waals surface area contributed by atoms with Crippen LogP contribution < -0.4 is 5.73 Å². The number of nitrogens with zero attached hydrogens (tertiary/aromatic N) is 1. The molecule has 17 heavy (non-hydrogen) atoms. The summed E-state index contributed by atoms with van der Waals surface area (Å²) < 4.78 is 0. The van der Waals surface area contributed by atoms with Crippen LogP contribution in [0.25, 0.3) is 0 Å². The Morgan fingerprint density at radius 1 is 1.24 bits per heavy atom. The molecule has 0 aromatic heterocycles. The molecule has 0 saturated heterocycles. The van der Waals surface area contributed by atoms with E-state index in [4.69, 9.17) is 5.73 Å². The van der Waals surface area contributed by atoms with Crippen molar-refractivity contribution in [2.75, 3.05) is 13.6 Å². The fourth-order valence-electron chi connectivity index (χ4n) is 2.52. The molecule has 2 N–H and O–H groups in total. The molecule has 0 aromatic rings. The Morgan fingerprint density at radius 3 is 2.47 bits per heavy atom. The molecule has 0 bridgehead atoms. The van der Waals surface area contributed by atoms with Gasteiger partial charge >= 0.3 is 0 Å². The van der Waals surface area contributed by atoms with E-state index in [-0.39, 0.29) is 0 Å². The van der Waals surface area contributed by atoms with Gasteiger partial charge in [-0.1, -0.05) is 19.8 Å². The van der Waals surface area contributed by atoms with Gasteiger partial charge in [-0.15, -0.1) is 0 Å². The molecule has 3 heteroatoms. The van der Waals surface area contributed by atoms with Crippen molar-refractivity contribution in [2.45, 2.75) is 64.3 Å². The Morgan fingerprint density at radius 2 is 1.88 bits per heavy atom. The third-order valence-corrected chi connectivity index (χ3v) is 3.88. The lowest BCUT2D eigenvalue weighted by Crippen LogP contribution is -2.32. The Balaban J connectivity index is 2.19. The molecule has 0 spiro atoms. The van der Waals surface area contributed by atoms with Crippen molar-refractivity contribution in [1.82, 2.24) is 4.90 Å². The molecule has 1 amide bonds. The fraction of sp³-hybridized carbons (Fsp3) is 0.929. The van der Waals surface area contributed by atoms with Crippen LogP contribution in [0.1, 0.15) is 58.3 Å². The molecule has 100 valence electrons. The van der Waals surface area contributed by atoms with E-state index >= 15 is 0 Å². The van der Waals surface area contributed by atoms with Crippen molar-refractivity contribution < 1.29 is 4.79 Å². The van der Waals surface area contributed by atoms with Crippen molar-refractivity contribution in [3.63, 3.8) is 0 Å². The fourth-order valence-corrected chi connectivity index (χ4v) is 2.52. The van der Waals surface area contributed by atoms with E-state index in [9.17, 15) is 4.79 Å². The molecule has 3 nitrogen and oxygen atoms in total. The van der Waals surface area contributed by atoms with Gasteiger partial charge in [0.05, 0.1) is 0 Å². The second-order valence-corrected chi connectivity index (χ2v) is 5.51. The number of hydrogen-bond acceptors (Lipinski definition) is 2. The molecular formula is C14H28N2O. The summed E-state index contributed by atoms with van der Waals surface area (Å²) in [4.78, 5) is 13.9. The molecule has 0 aliphatic heterocycles. The predicted octanol–water partition coefficient (Wildman–Crippen LogP) is 2.54. The van der Waals surface area contributed by atoms with Gasteiger partial charge in [0.15, 0.2) is 0 Å². The maximum atomic E-state index is 12.0. The van der Waals surface area contributed by atoms with Crippen LogP contribution in [0.4, 0.5) is 0 Å². The van der Waals surface area contributed by atoms with Crippen molar-refractivity contribution in [1.29, 1.82) is 0 Å². The quantitative estimate of drug-likeness (QED) is 0.725. The number of carbonyl (C=O) groups excluding carboxylic acids is 1. The molecule has 0 radical (unpaired) electrons. The van der Waals surface area contributed by atoms with Crippen LogP contribution in [0.15, 0.2) is 0 Å². The lowest BCUT2D eigenvalue weighted by molar-refractivity contribution is -0.131. The highest BCUT2D eigenvalue weighted by atomic mass is 16.2. The van der Waals surface area contributed by atoms with Gasteiger partial charge in [0.25, 0.3) is 0 Å². The molecule has 1 rings (SSSR count). The molecule has 0 heterocycles. The first-order chi connectivity index (χ1) is 8.13. The zero-order chi connectivity index (χ0) is 12.7. The van der Waals surface area contributed by atoms with Crippen LogP contribution in [0, 0.1) is 5.92 Å². The standard InChI is InChI=1S/C14H28N2O/c1-3-4-5-10-16(2)14(17)11-12-6-8-13(15)9-7-12/h12-13H,3-11,15H2,1-2H3. The van der Waals surface area contributed by atoms with Gasteiger partial charge in [-0.25, -0.2) is 0 Å². The second-order valence-electron chi connectivity index (χ2n) is 5.51. The van der Waals surface area contributed by atoms with Crippen molar-refractivity contribution in [2.24, 2.45) is 11.7 Å². The SMILES string of the molecule is CCCCCN(C)C(=O)CC1CCC(N)CC1. The molecule has 0 atom stereocenters. The Bertz CT molecular complexity index is 222. The molecule has 1 aliphatic rings. The van der Waals surface area contributed by atoms with Crippen LogP contribution in [0.5, 0.6) is 0 Å². The van der Waals surface area contributed by atoms with Crippen LogP contribution in [0.3, 0.4) is 0 Å². The summed E-state index contributed by atoms with van der Waals surface area (Å²) in [6, 6.07) is 0.378. The summed E-state index contributed by atoms with van der Waals surface area (Å²) in [5.74, 6) is 0.900. The van der Waals surface area contributed by atoms with Crippen molar-refractivity contribution >= 4 is 5.91 Å². The first-order valence-electron chi connectivity index (χ1n) is 7.13. The second kappa shape index (κ2) is 7.70. The highest BCUT2D eigenvalue weighted by Gasteiger charge is 2.22. The van der Waals surface area contributed by atoms with Crippen molar-refractivity contribution in [3.05, 3.63) is 0 Å². The van der Waals surface area contributed by atoms with E-state index in [2.05, 4.69) is 6.92 Å². The first-order valence-corrected chi connectivity index (χ1v) is 7.13. The number of nitrogens with two attached hydrogens (primary N) is 1. The molecule has 1 fully saturated rings. The number of hydrogen-bond donors (Lipinski definition) is 1. The van der Waals surface area contributed by atoms with E-state index < -0.39 is 0 Å². The van der Waals surface area contributed by atoms with Gasteiger partial charge in [0.1, 0.15) is 0 Å². The van der Waals surface area contributed by atoms with Gasteiger partial charge in [0, 0.05) is 26.1 Å².